The summed E-state index contributed by atoms with van der Waals surface area (Å²) >= 11 is 0. The van der Waals surface area contributed by atoms with Gasteiger partial charge < -0.3 is 10.4 Å². The summed E-state index contributed by atoms with van der Waals surface area (Å²) in [6.45, 7) is 6.05. The smallest absolute Gasteiger partial charge is 0.0584 e. The molecule has 0 aliphatic rings. The molecule has 1 aromatic rings. The largest absolute Gasteiger partial charge is 0.395 e. The number of aromatic nitrogens is 1. The summed E-state index contributed by atoms with van der Waals surface area (Å²) < 4.78 is 0. The van der Waals surface area contributed by atoms with E-state index < -0.39 is 0 Å². The van der Waals surface area contributed by atoms with Crippen LogP contribution in [0.25, 0.3) is 0 Å². The lowest BCUT2D eigenvalue weighted by molar-refractivity contribution is 0.153. The molecular formula is C13H23N3O. The molecule has 4 nitrogen and oxygen atoms in total. The van der Waals surface area contributed by atoms with E-state index in [1.807, 2.05) is 26.2 Å². The van der Waals surface area contributed by atoms with E-state index in [9.17, 15) is 0 Å². The molecule has 1 aromatic heterocycles. The number of aliphatic hydroxyl groups is 1. The zero-order chi connectivity index (χ0) is 12.7. The lowest BCUT2D eigenvalue weighted by Gasteiger charge is -2.22. The van der Waals surface area contributed by atoms with Gasteiger partial charge in [0.05, 0.1) is 12.3 Å². The van der Waals surface area contributed by atoms with Crippen LogP contribution in [0.5, 0.6) is 0 Å². The highest BCUT2D eigenvalue weighted by Gasteiger charge is 2.08. The number of rotatable bonds is 7. The summed E-state index contributed by atoms with van der Waals surface area (Å²) in [6.07, 6.45) is 2.93. The maximum atomic E-state index is 9.08. The molecule has 4 heteroatoms. The maximum Gasteiger partial charge on any atom is 0.0584 e. The Kier molecular flexibility index (Phi) is 5.94. The topological polar surface area (TPSA) is 48.4 Å². The molecule has 0 radical (unpaired) electrons. The third-order valence-electron chi connectivity index (χ3n) is 2.82. The minimum atomic E-state index is 0.157. The first-order valence-corrected chi connectivity index (χ1v) is 6.17. The second-order valence-electron chi connectivity index (χ2n) is 4.41. The molecular weight excluding hydrogens is 214 g/mol. The predicted octanol–water partition coefficient (Wildman–Crippen LogP) is 1.72. The summed E-state index contributed by atoms with van der Waals surface area (Å²) in [7, 11) is 1.99. The van der Waals surface area contributed by atoms with Crippen molar-refractivity contribution in [1.29, 1.82) is 0 Å². The Morgan fingerprint density at radius 3 is 2.94 bits per heavy atom. The zero-order valence-corrected chi connectivity index (χ0v) is 11.0. The van der Waals surface area contributed by atoms with Crippen LogP contribution in [0.2, 0.25) is 0 Å². The molecule has 0 aromatic carbocycles. The summed E-state index contributed by atoms with van der Waals surface area (Å²) in [5.74, 6) is 0. The highest BCUT2D eigenvalue weighted by Crippen LogP contribution is 2.10. The first kappa shape index (κ1) is 13.9. The maximum absolute atomic E-state index is 9.08. The molecule has 0 fully saturated rings. The van der Waals surface area contributed by atoms with E-state index >= 15 is 0 Å². The van der Waals surface area contributed by atoms with Crippen LogP contribution in [0.4, 0.5) is 5.69 Å². The van der Waals surface area contributed by atoms with E-state index in [4.69, 9.17) is 5.11 Å². The van der Waals surface area contributed by atoms with Gasteiger partial charge >= 0.3 is 0 Å². The minimum Gasteiger partial charge on any atom is -0.395 e. The Bertz CT molecular complexity index is 330. The molecule has 96 valence electrons. The molecule has 0 aliphatic heterocycles. The molecule has 1 heterocycles. The number of nitrogens with one attached hydrogen (secondary N) is 1. The van der Waals surface area contributed by atoms with Gasteiger partial charge in [-0.1, -0.05) is 6.92 Å². The van der Waals surface area contributed by atoms with Crippen LogP contribution < -0.4 is 5.32 Å². The van der Waals surface area contributed by atoms with Crippen molar-refractivity contribution >= 4 is 5.69 Å². The van der Waals surface area contributed by atoms with E-state index in [1.54, 1.807) is 0 Å². The molecule has 1 unspecified atom stereocenters. The van der Waals surface area contributed by atoms with Gasteiger partial charge in [-0.2, -0.15) is 0 Å². The van der Waals surface area contributed by atoms with E-state index in [0.29, 0.717) is 0 Å². The lowest BCUT2D eigenvalue weighted by atomic mass is 10.2. The van der Waals surface area contributed by atoms with Crippen LogP contribution in [0.1, 0.15) is 26.0 Å². The number of hydrogen-bond donors (Lipinski definition) is 2. The van der Waals surface area contributed by atoms with Gasteiger partial charge in [-0.15, -0.1) is 0 Å². The molecule has 17 heavy (non-hydrogen) atoms. The quantitative estimate of drug-likeness (QED) is 0.758. The van der Waals surface area contributed by atoms with Crippen molar-refractivity contribution in [3.63, 3.8) is 0 Å². The number of aliphatic hydroxyl groups excluding tert-OH is 1. The Morgan fingerprint density at radius 1 is 1.53 bits per heavy atom. The van der Waals surface area contributed by atoms with Crippen LogP contribution >= 0.6 is 0 Å². The number of likely N-dealkylation sites (N-methyl/N-ethyl adjacent to an activating group) is 1. The fourth-order valence-electron chi connectivity index (χ4n) is 1.49. The third-order valence-corrected chi connectivity index (χ3v) is 2.82. The Balaban J connectivity index is 2.58. The van der Waals surface area contributed by atoms with Crippen LogP contribution in [0.15, 0.2) is 18.3 Å². The summed E-state index contributed by atoms with van der Waals surface area (Å²) in [6, 6.07) is 4.20. The van der Waals surface area contributed by atoms with Crippen molar-refractivity contribution in [2.75, 3.05) is 25.5 Å². The van der Waals surface area contributed by atoms with Gasteiger partial charge in [-0.3, -0.25) is 9.88 Å². The molecule has 2 N–H and O–H groups in total. The van der Waals surface area contributed by atoms with E-state index in [2.05, 4.69) is 28.2 Å². The fourth-order valence-corrected chi connectivity index (χ4v) is 1.49. The molecule has 0 spiro atoms. The zero-order valence-electron chi connectivity index (χ0n) is 11.0. The minimum absolute atomic E-state index is 0.157. The molecule has 1 rings (SSSR count). The van der Waals surface area contributed by atoms with Crippen molar-refractivity contribution in [3.05, 3.63) is 24.0 Å². The number of pyridine rings is 1. The van der Waals surface area contributed by atoms with Crippen molar-refractivity contribution in [2.45, 2.75) is 32.9 Å². The highest BCUT2D eigenvalue weighted by molar-refractivity contribution is 5.43. The average molecular weight is 237 g/mol. The number of anilines is 1. The number of hydrogen-bond acceptors (Lipinski definition) is 4. The Labute approximate surface area is 104 Å². The molecule has 0 bridgehead atoms. The molecule has 0 saturated heterocycles. The van der Waals surface area contributed by atoms with Crippen LogP contribution in [0.3, 0.4) is 0 Å². The van der Waals surface area contributed by atoms with Crippen molar-refractivity contribution in [3.8, 4) is 0 Å². The molecule has 0 saturated carbocycles. The normalized spacial score (nSPS) is 12.8. The summed E-state index contributed by atoms with van der Waals surface area (Å²) in [5, 5.41) is 12.4. The average Bonchev–Trinajstić information content (AvgIpc) is 2.35. The highest BCUT2D eigenvalue weighted by atomic mass is 16.3. The van der Waals surface area contributed by atoms with Crippen LogP contribution in [-0.2, 0) is 6.54 Å². The predicted molar refractivity (Wildman–Crippen MR) is 71.0 cm³/mol. The fraction of sp³-hybridized carbons (Fsp3) is 0.615. The summed E-state index contributed by atoms with van der Waals surface area (Å²) in [5.41, 5.74) is 2.14. The molecule has 0 aliphatic carbocycles. The monoisotopic (exact) mass is 237 g/mol. The van der Waals surface area contributed by atoms with Crippen molar-refractivity contribution in [1.82, 2.24) is 9.88 Å². The third kappa shape index (κ3) is 4.71. The first-order chi connectivity index (χ1) is 8.17. The van der Waals surface area contributed by atoms with Crippen LogP contribution in [-0.4, -0.2) is 41.2 Å². The van der Waals surface area contributed by atoms with Crippen molar-refractivity contribution < 1.29 is 5.11 Å². The van der Waals surface area contributed by atoms with E-state index in [0.717, 1.165) is 30.9 Å². The summed E-state index contributed by atoms with van der Waals surface area (Å²) in [4.78, 5) is 6.43. The van der Waals surface area contributed by atoms with Gasteiger partial charge in [0.1, 0.15) is 0 Å². The Morgan fingerprint density at radius 2 is 2.29 bits per heavy atom. The standard InChI is InChI=1S/C13H23N3O/c1-4-6-14-12-5-7-15-13(8-12)9-16(3)11(2)10-17/h5,7-8,11,17H,4,6,9-10H2,1-3H3,(H,14,15). The Hall–Kier alpha value is -1.13. The lowest BCUT2D eigenvalue weighted by Crippen LogP contribution is -2.31. The van der Waals surface area contributed by atoms with E-state index in [-0.39, 0.29) is 12.6 Å². The van der Waals surface area contributed by atoms with Gasteiger partial charge in [0.25, 0.3) is 0 Å². The first-order valence-electron chi connectivity index (χ1n) is 6.17. The van der Waals surface area contributed by atoms with E-state index in [1.165, 1.54) is 0 Å². The van der Waals surface area contributed by atoms with Gasteiger partial charge in [-0.05, 0) is 32.5 Å². The SMILES string of the molecule is CCCNc1ccnc(CN(C)C(C)CO)c1. The van der Waals surface area contributed by atoms with Crippen LogP contribution in [0, 0.1) is 0 Å². The van der Waals surface area contributed by atoms with Gasteiger partial charge in [0, 0.05) is 31.0 Å². The van der Waals surface area contributed by atoms with Crippen molar-refractivity contribution in [2.24, 2.45) is 0 Å². The molecule has 0 amide bonds. The second kappa shape index (κ2) is 7.25. The van der Waals surface area contributed by atoms with Gasteiger partial charge in [-0.25, -0.2) is 0 Å². The molecule has 1 atom stereocenters. The second-order valence-corrected chi connectivity index (χ2v) is 4.41. The van der Waals surface area contributed by atoms with Gasteiger partial charge in [0.15, 0.2) is 0 Å². The number of nitrogens with zero attached hydrogens (tertiary/aromatic N) is 2. The van der Waals surface area contributed by atoms with Gasteiger partial charge in [0.2, 0.25) is 0 Å².